The van der Waals surface area contributed by atoms with Crippen LogP contribution in [-0.2, 0) is 6.54 Å². The van der Waals surface area contributed by atoms with E-state index in [2.05, 4.69) is 8.75 Å². The molecule has 3 heterocycles. The smallest absolute Gasteiger partial charge is 0.353 e. The Balaban J connectivity index is 1.67. The molecule has 3 aromatic carbocycles. The van der Waals surface area contributed by atoms with Crippen LogP contribution in [0.2, 0.25) is 0 Å². The average molecular weight is 488 g/mol. The number of benzene rings is 3. The third-order valence-electron chi connectivity index (χ3n) is 5.91. The molecule has 0 spiro atoms. The van der Waals surface area contributed by atoms with Crippen molar-refractivity contribution < 1.29 is 19.7 Å². The van der Waals surface area contributed by atoms with E-state index in [1.807, 2.05) is 47.0 Å². The molecule has 9 heteroatoms. The van der Waals surface area contributed by atoms with Crippen LogP contribution in [0.4, 0.5) is 0 Å². The van der Waals surface area contributed by atoms with Gasteiger partial charge in [0, 0.05) is 33.8 Å². The van der Waals surface area contributed by atoms with Crippen LogP contribution in [0, 0.1) is 0 Å². The van der Waals surface area contributed by atoms with E-state index in [1.165, 1.54) is 24.5 Å². The standard InChI is InChI=1S/C25H17N3O4S2/c1-32-14-7-8-15(19(29)11-14)21-23(25(30)31)28(12-13-6-9-17-18(10-13)27-34-26-17)22-16-4-2-3-5-20(16)33-24(21)22/h2-11,29H,12H2,1H3,(H,30,31). The number of rotatable bonds is 5. The van der Waals surface area contributed by atoms with Crippen LogP contribution in [0.5, 0.6) is 11.5 Å². The highest BCUT2D eigenvalue weighted by atomic mass is 32.1. The molecule has 0 aliphatic rings. The third-order valence-corrected chi connectivity index (χ3v) is 7.64. The predicted molar refractivity (Wildman–Crippen MR) is 134 cm³/mol. The summed E-state index contributed by atoms with van der Waals surface area (Å²) in [5.41, 5.74) is 4.43. The number of fused-ring (bicyclic) bond motifs is 4. The molecule has 6 aromatic rings. The Hall–Kier alpha value is -3.95. The van der Waals surface area contributed by atoms with E-state index in [-0.39, 0.29) is 11.4 Å². The minimum absolute atomic E-state index is 0.0340. The molecule has 0 atom stereocenters. The Bertz CT molecular complexity index is 1730. The van der Waals surface area contributed by atoms with Crippen LogP contribution in [0.25, 0.3) is 42.5 Å². The number of hydrogen-bond acceptors (Lipinski definition) is 7. The minimum Gasteiger partial charge on any atom is -0.507 e. The van der Waals surface area contributed by atoms with Crippen molar-refractivity contribution in [1.29, 1.82) is 0 Å². The number of hydrogen-bond donors (Lipinski definition) is 2. The summed E-state index contributed by atoms with van der Waals surface area (Å²) in [4.78, 5) is 12.7. The predicted octanol–water partition coefficient (Wildman–Crippen LogP) is 5.99. The van der Waals surface area contributed by atoms with Gasteiger partial charge in [-0.15, -0.1) is 11.3 Å². The Morgan fingerprint density at radius 2 is 1.88 bits per heavy atom. The number of carboxylic acids is 1. The van der Waals surface area contributed by atoms with Crippen molar-refractivity contribution in [3.05, 3.63) is 71.9 Å². The molecule has 0 aliphatic heterocycles. The summed E-state index contributed by atoms with van der Waals surface area (Å²) in [5, 5.41) is 22.2. The molecule has 2 N–H and O–H groups in total. The van der Waals surface area contributed by atoms with Crippen molar-refractivity contribution in [3.63, 3.8) is 0 Å². The lowest BCUT2D eigenvalue weighted by atomic mass is 10.0. The van der Waals surface area contributed by atoms with Gasteiger partial charge < -0.3 is 19.5 Å². The molecule has 0 unspecified atom stereocenters. The van der Waals surface area contributed by atoms with Gasteiger partial charge in [0.05, 0.1) is 29.1 Å². The van der Waals surface area contributed by atoms with Crippen LogP contribution in [-0.4, -0.2) is 36.6 Å². The van der Waals surface area contributed by atoms with Gasteiger partial charge in [-0.05, 0) is 35.9 Å². The average Bonchev–Trinajstić information content (AvgIpc) is 3.52. The van der Waals surface area contributed by atoms with Crippen molar-refractivity contribution in [3.8, 4) is 22.6 Å². The number of carbonyl (C=O) groups is 1. The second-order valence-electron chi connectivity index (χ2n) is 7.86. The molecule has 0 saturated heterocycles. The summed E-state index contributed by atoms with van der Waals surface area (Å²) < 4.78 is 17.5. The Morgan fingerprint density at radius 3 is 2.68 bits per heavy atom. The first-order valence-corrected chi connectivity index (χ1v) is 12.0. The van der Waals surface area contributed by atoms with E-state index in [9.17, 15) is 15.0 Å². The van der Waals surface area contributed by atoms with Crippen molar-refractivity contribution in [1.82, 2.24) is 13.3 Å². The van der Waals surface area contributed by atoms with Crippen LogP contribution in [0.15, 0.2) is 60.7 Å². The van der Waals surface area contributed by atoms with Gasteiger partial charge >= 0.3 is 5.97 Å². The number of thiophene rings is 1. The van der Waals surface area contributed by atoms with Crippen LogP contribution < -0.4 is 4.74 Å². The van der Waals surface area contributed by atoms with Crippen LogP contribution >= 0.6 is 23.1 Å². The zero-order chi connectivity index (χ0) is 23.4. The zero-order valence-corrected chi connectivity index (χ0v) is 19.5. The summed E-state index contributed by atoms with van der Waals surface area (Å²) in [7, 11) is 1.52. The molecule has 0 amide bonds. The lowest BCUT2D eigenvalue weighted by molar-refractivity contribution is 0.0687. The molecule has 0 saturated carbocycles. The van der Waals surface area contributed by atoms with Gasteiger partial charge in [-0.2, -0.15) is 8.75 Å². The molecule has 6 rings (SSSR count). The first kappa shape index (κ1) is 20.6. The summed E-state index contributed by atoms with van der Waals surface area (Å²) >= 11 is 2.67. The Labute approximate surface area is 201 Å². The maximum Gasteiger partial charge on any atom is 0.353 e. The topological polar surface area (TPSA) is 97.5 Å². The number of aromatic carboxylic acids is 1. The molecule has 168 valence electrons. The number of aromatic hydroxyl groups is 1. The number of aromatic nitrogens is 3. The number of phenolic OH excluding ortho intramolecular Hbond substituents is 1. The molecule has 0 fully saturated rings. The number of carboxylic acid groups (broad SMARTS) is 1. The Kier molecular flexibility index (Phi) is 4.75. The van der Waals surface area contributed by atoms with E-state index >= 15 is 0 Å². The van der Waals surface area contributed by atoms with E-state index < -0.39 is 5.97 Å². The molecular formula is C25H17N3O4S2. The van der Waals surface area contributed by atoms with E-state index in [4.69, 9.17) is 4.74 Å². The Morgan fingerprint density at radius 1 is 1.06 bits per heavy atom. The van der Waals surface area contributed by atoms with Gasteiger partial charge in [0.15, 0.2) is 0 Å². The van der Waals surface area contributed by atoms with Crippen molar-refractivity contribution in [2.45, 2.75) is 6.54 Å². The van der Waals surface area contributed by atoms with E-state index in [0.717, 1.165) is 48.6 Å². The lowest BCUT2D eigenvalue weighted by Gasteiger charge is -2.11. The highest BCUT2D eigenvalue weighted by Gasteiger charge is 2.28. The van der Waals surface area contributed by atoms with E-state index in [1.54, 1.807) is 12.1 Å². The highest BCUT2D eigenvalue weighted by Crippen LogP contribution is 2.47. The van der Waals surface area contributed by atoms with Gasteiger partial charge in [0.2, 0.25) is 0 Å². The highest BCUT2D eigenvalue weighted by molar-refractivity contribution is 7.26. The largest absolute Gasteiger partial charge is 0.507 e. The number of ether oxygens (including phenoxy) is 1. The third kappa shape index (κ3) is 3.12. The summed E-state index contributed by atoms with van der Waals surface area (Å²) in [5.74, 6) is -0.599. The number of phenols is 1. The molecule has 7 nitrogen and oxygen atoms in total. The SMILES string of the molecule is COc1ccc(-c2c(C(=O)O)n(Cc3ccc4nsnc4c3)c3c2sc2ccccc23)c(O)c1. The normalized spacial score (nSPS) is 11.6. The minimum atomic E-state index is -1.06. The number of methoxy groups -OCH3 is 1. The molecule has 3 aromatic heterocycles. The van der Waals surface area contributed by atoms with Crippen molar-refractivity contribution in [2.24, 2.45) is 0 Å². The van der Waals surface area contributed by atoms with Crippen LogP contribution in [0.3, 0.4) is 0 Å². The summed E-state index contributed by atoms with van der Waals surface area (Å²) in [6.45, 7) is 0.337. The second-order valence-corrected chi connectivity index (χ2v) is 9.44. The molecule has 0 bridgehead atoms. The van der Waals surface area contributed by atoms with Gasteiger partial charge in [0.25, 0.3) is 0 Å². The van der Waals surface area contributed by atoms with E-state index in [0.29, 0.717) is 23.4 Å². The maximum absolute atomic E-state index is 12.7. The quantitative estimate of drug-likeness (QED) is 0.310. The first-order valence-electron chi connectivity index (χ1n) is 10.4. The van der Waals surface area contributed by atoms with Crippen molar-refractivity contribution >= 4 is 60.4 Å². The fraction of sp³-hybridized carbons (Fsp3) is 0.0800. The fourth-order valence-electron chi connectivity index (χ4n) is 4.41. The summed E-state index contributed by atoms with van der Waals surface area (Å²) in [6, 6.07) is 18.7. The van der Waals surface area contributed by atoms with Gasteiger partial charge in [-0.3, -0.25) is 0 Å². The van der Waals surface area contributed by atoms with Gasteiger partial charge in [-0.1, -0.05) is 24.3 Å². The second kappa shape index (κ2) is 7.82. The monoisotopic (exact) mass is 487 g/mol. The van der Waals surface area contributed by atoms with Crippen LogP contribution in [0.1, 0.15) is 16.1 Å². The van der Waals surface area contributed by atoms with Gasteiger partial charge in [-0.25, -0.2) is 4.79 Å². The maximum atomic E-state index is 12.7. The van der Waals surface area contributed by atoms with Gasteiger partial charge in [0.1, 0.15) is 28.2 Å². The molecular weight excluding hydrogens is 470 g/mol. The molecule has 34 heavy (non-hydrogen) atoms. The molecule has 0 radical (unpaired) electrons. The first-order chi connectivity index (χ1) is 16.5. The summed E-state index contributed by atoms with van der Waals surface area (Å²) in [6.07, 6.45) is 0. The fourth-order valence-corrected chi connectivity index (χ4v) is 6.20. The molecule has 0 aliphatic carbocycles. The lowest BCUT2D eigenvalue weighted by Crippen LogP contribution is -2.11. The number of nitrogens with zero attached hydrogens (tertiary/aromatic N) is 3. The zero-order valence-electron chi connectivity index (χ0n) is 17.8. The van der Waals surface area contributed by atoms with Crippen molar-refractivity contribution in [2.75, 3.05) is 7.11 Å².